The lowest BCUT2D eigenvalue weighted by Crippen LogP contribution is -2.42. The van der Waals surface area contributed by atoms with Crippen molar-refractivity contribution in [1.29, 1.82) is 0 Å². The third-order valence-corrected chi connectivity index (χ3v) is 4.79. The topological polar surface area (TPSA) is 6.48 Å². The molecule has 1 saturated carbocycles. The van der Waals surface area contributed by atoms with E-state index in [9.17, 15) is 0 Å². The van der Waals surface area contributed by atoms with Crippen molar-refractivity contribution >= 4 is 0 Å². The fourth-order valence-electron chi connectivity index (χ4n) is 2.71. The predicted octanol–water partition coefficient (Wildman–Crippen LogP) is 4.91. The molecule has 0 radical (unpaired) electrons. The Balaban J connectivity index is 0.000000315. The summed E-state index contributed by atoms with van der Waals surface area (Å²) in [6.07, 6.45) is 9.38. The minimum absolute atomic E-state index is 0.648. The highest BCUT2D eigenvalue weighted by molar-refractivity contribution is 4.69. The lowest BCUT2D eigenvalue weighted by Gasteiger charge is -2.28. The third kappa shape index (κ3) is 12.2. The molecule has 0 unspecified atom stereocenters. The minimum Gasteiger partial charge on any atom is -0.304 e. The molecule has 2 fully saturated rings. The molecule has 0 N–H and O–H groups in total. The van der Waals surface area contributed by atoms with E-state index in [1.54, 1.807) is 0 Å². The summed E-state index contributed by atoms with van der Waals surface area (Å²) in [7, 11) is 4.35. The second kappa shape index (κ2) is 13.1. The number of rotatable bonds is 2. The summed E-state index contributed by atoms with van der Waals surface area (Å²) in [4.78, 5) is 4.72. The number of hydrogen-bond donors (Lipinski definition) is 0. The number of piperazine rings is 1. The van der Waals surface area contributed by atoms with Gasteiger partial charge in [-0.3, -0.25) is 0 Å². The monoisotopic (exact) mass is 310 g/mol. The van der Waals surface area contributed by atoms with Crippen molar-refractivity contribution < 1.29 is 0 Å². The van der Waals surface area contributed by atoms with Gasteiger partial charge < -0.3 is 9.80 Å². The van der Waals surface area contributed by atoms with E-state index in [0.29, 0.717) is 5.92 Å². The van der Waals surface area contributed by atoms with Crippen molar-refractivity contribution in [3.8, 4) is 0 Å². The van der Waals surface area contributed by atoms with Crippen LogP contribution in [0.2, 0.25) is 0 Å². The Morgan fingerprint density at radius 1 is 0.818 bits per heavy atom. The molecule has 2 nitrogen and oxygen atoms in total. The molecule has 1 aliphatic heterocycles. The molecule has 2 heteroatoms. The molecule has 2 rings (SSSR count). The van der Waals surface area contributed by atoms with Crippen molar-refractivity contribution in [3.05, 3.63) is 12.7 Å². The van der Waals surface area contributed by atoms with Gasteiger partial charge in [0.05, 0.1) is 0 Å². The highest BCUT2D eigenvalue weighted by Crippen LogP contribution is 2.29. The lowest BCUT2D eigenvalue weighted by atomic mass is 9.82. The quantitative estimate of drug-likeness (QED) is 0.668. The molecule has 1 heterocycles. The van der Waals surface area contributed by atoms with E-state index in [1.165, 1.54) is 58.3 Å². The SMILES string of the molecule is C=CC(C)C.CC(C)C1CCCCC1.CN1CCN(C)CC1. The first-order chi connectivity index (χ1) is 10.4. The number of allylic oxidation sites excluding steroid dienone is 1. The van der Waals surface area contributed by atoms with E-state index in [4.69, 9.17) is 0 Å². The number of nitrogens with zero attached hydrogens (tertiary/aromatic N) is 2. The van der Waals surface area contributed by atoms with E-state index >= 15 is 0 Å². The van der Waals surface area contributed by atoms with Gasteiger partial charge in [-0.2, -0.15) is 0 Å². The maximum Gasteiger partial charge on any atom is 0.0107 e. The second-order valence-corrected chi connectivity index (χ2v) is 7.73. The van der Waals surface area contributed by atoms with Crippen LogP contribution < -0.4 is 0 Å². The minimum atomic E-state index is 0.648. The highest BCUT2D eigenvalue weighted by Gasteiger charge is 2.15. The van der Waals surface area contributed by atoms with Crippen LogP contribution in [-0.2, 0) is 0 Å². The van der Waals surface area contributed by atoms with E-state index in [2.05, 4.69) is 58.2 Å². The van der Waals surface area contributed by atoms with E-state index in [1.807, 2.05) is 6.08 Å². The molecule has 22 heavy (non-hydrogen) atoms. The Kier molecular flexibility index (Phi) is 12.9. The van der Waals surface area contributed by atoms with Gasteiger partial charge in [0.15, 0.2) is 0 Å². The molecule has 1 saturated heterocycles. The third-order valence-electron chi connectivity index (χ3n) is 4.79. The van der Waals surface area contributed by atoms with Gasteiger partial charge >= 0.3 is 0 Å². The molecule has 132 valence electrons. The van der Waals surface area contributed by atoms with Gasteiger partial charge in [-0.1, -0.05) is 65.9 Å². The van der Waals surface area contributed by atoms with Crippen molar-refractivity contribution in [1.82, 2.24) is 9.80 Å². The van der Waals surface area contributed by atoms with Gasteiger partial charge in [-0.25, -0.2) is 0 Å². The molecule has 0 atom stereocenters. The highest BCUT2D eigenvalue weighted by atomic mass is 15.2. The van der Waals surface area contributed by atoms with Crippen LogP contribution in [0.1, 0.15) is 59.8 Å². The molecule has 2 aliphatic rings. The van der Waals surface area contributed by atoms with Crippen LogP contribution in [0, 0.1) is 17.8 Å². The van der Waals surface area contributed by atoms with E-state index in [-0.39, 0.29) is 0 Å². The van der Waals surface area contributed by atoms with Gasteiger partial charge in [0, 0.05) is 26.2 Å². The van der Waals surface area contributed by atoms with E-state index in [0.717, 1.165) is 11.8 Å². The Morgan fingerprint density at radius 2 is 1.18 bits per heavy atom. The molecule has 0 aromatic rings. The largest absolute Gasteiger partial charge is 0.304 e. The first-order valence-electron chi connectivity index (χ1n) is 9.36. The standard InChI is InChI=1S/C9H18.C6H14N2.C5H10/c1-8(2)9-6-4-3-5-7-9;1-7-3-5-8(2)6-4-7;1-4-5(2)3/h8-9H,3-7H2,1-2H3;3-6H2,1-2H3;4-5H,1H2,2-3H3. The Labute approximate surface area is 141 Å². The summed E-state index contributed by atoms with van der Waals surface area (Å²) in [6.45, 7) is 17.4. The zero-order valence-corrected chi connectivity index (χ0v) is 16.3. The van der Waals surface area contributed by atoms with Gasteiger partial charge in [0.1, 0.15) is 0 Å². The van der Waals surface area contributed by atoms with Crippen LogP contribution in [0.5, 0.6) is 0 Å². The van der Waals surface area contributed by atoms with Crippen molar-refractivity contribution in [2.75, 3.05) is 40.3 Å². The van der Waals surface area contributed by atoms with Gasteiger partial charge in [-0.05, 0) is 31.8 Å². The van der Waals surface area contributed by atoms with Crippen molar-refractivity contribution in [2.24, 2.45) is 17.8 Å². The summed E-state index contributed by atoms with van der Waals surface area (Å²) in [6, 6.07) is 0. The fraction of sp³-hybridized carbons (Fsp3) is 0.900. The smallest absolute Gasteiger partial charge is 0.0107 e. The fourth-order valence-corrected chi connectivity index (χ4v) is 2.71. The van der Waals surface area contributed by atoms with Crippen LogP contribution in [0.25, 0.3) is 0 Å². The van der Waals surface area contributed by atoms with Crippen LogP contribution in [0.4, 0.5) is 0 Å². The van der Waals surface area contributed by atoms with E-state index < -0.39 is 0 Å². The van der Waals surface area contributed by atoms with Gasteiger partial charge in [0.25, 0.3) is 0 Å². The number of likely N-dealkylation sites (N-methyl/N-ethyl adjacent to an activating group) is 2. The zero-order valence-electron chi connectivity index (χ0n) is 16.3. The van der Waals surface area contributed by atoms with Gasteiger partial charge in [-0.15, -0.1) is 6.58 Å². The average molecular weight is 311 g/mol. The summed E-state index contributed by atoms with van der Waals surface area (Å²) in [5.74, 6) is 2.64. The average Bonchev–Trinajstić information content (AvgIpc) is 2.52. The second-order valence-electron chi connectivity index (χ2n) is 7.73. The summed E-state index contributed by atoms with van der Waals surface area (Å²) < 4.78 is 0. The Hall–Kier alpha value is -0.340. The zero-order chi connectivity index (χ0) is 17.0. The normalized spacial score (nSPS) is 20.9. The number of hydrogen-bond acceptors (Lipinski definition) is 2. The van der Waals surface area contributed by atoms with Crippen LogP contribution in [0.15, 0.2) is 12.7 Å². The molecule has 0 aromatic carbocycles. The van der Waals surface area contributed by atoms with Gasteiger partial charge in [0.2, 0.25) is 0 Å². The van der Waals surface area contributed by atoms with Crippen molar-refractivity contribution in [2.45, 2.75) is 59.8 Å². The first kappa shape index (κ1) is 21.7. The summed E-state index contributed by atoms with van der Waals surface area (Å²) in [5.41, 5.74) is 0. The molecular formula is C20H42N2. The molecule has 0 aromatic heterocycles. The lowest BCUT2D eigenvalue weighted by molar-refractivity contribution is 0.181. The molecule has 0 amide bonds. The molecular weight excluding hydrogens is 268 g/mol. The maximum atomic E-state index is 3.56. The summed E-state index contributed by atoms with van der Waals surface area (Å²) in [5, 5.41) is 0. The Morgan fingerprint density at radius 3 is 1.41 bits per heavy atom. The van der Waals surface area contributed by atoms with Crippen LogP contribution in [-0.4, -0.2) is 50.1 Å². The molecule has 0 spiro atoms. The maximum absolute atomic E-state index is 3.56. The Bertz CT molecular complexity index is 236. The molecule has 0 bridgehead atoms. The van der Waals surface area contributed by atoms with Crippen LogP contribution in [0.3, 0.4) is 0 Å². The first-order valence-corrected chi connectivity index (χ1v) is 9.36. The summed E-state index contributed by atoms with van der Waals surface area (Å²) >= 11 is 0. The van der Waals surface area contributed by atoms with Crippen LogP contribution >= 0.6 is 0 Å². The van der Waals surface area contributed by atoms with Crippen molar-refractivity contribution in [3.63, 3.8) is 0 Å². The molecule has 1 aliphatic carbocycles. The predicted molar refractivity (Wildman–Crippen MR) is 101 cm³/mol.